The molecular weight excluding hydrogens is 336 g/mol. The van der Waals surface area contributed by atoms with Crippen molar-refractivity contribution in [3.8, 4) is 5.88 Å². The number of hydrogen-bond donors (Lipinski definition) is 1. The first-order valence-electron chi connectivity index (χ1n) is 9.80. The van der Waals surface area contributed by atoms with Gasteiger partial charge in [-0.05, 0) is 44.1 Å². The molecule has 0 amide bonds. The number of nitrogen functional groups attached to an aromatic ring is 1. The normalized spacial score (nSPS) is 15.0. The lowest BCUT2D eigenvalue weighted by atomic mass is 9.98. The summed E-state index contributed by atoms with van der Waals surface area (Å²) in [5, 5.41) is 2.37. The summed E-state index contributed by atoms with van der Waals surface area (Å²) < 4.78 is 6.14. The molecule has 1 aliphatic rings. The Kier molecular flexibility index (Phi) is 5.10. The van der Waals surface area contributed by atoms with Crippen LogP contribution in [0.3, 0.4) is 0 Å². The van der Waals surface area contributed by atoms with Crippen molar-refractivity contribution in [2.24, 2.45) is 0 Å². The molecule has 1 aromatic heterocycles. The third-order valence-corrected chi connectivity index (χ3v) is 5.29. The molecule has 1 aliphatic carbocycles. The minimum absolute atomic E-state index is 0.205. The molecule has 0 bridgehead atoms. The van der Waals surface area contributed by atoms with E-state index in [0.29, 0.717) is 17.4 Å². The van der Waals surface area contributed by atoms with E-state index in [1.807, 2.05) is 0 Å². The average Bonchev–Trinajstić information content (AvgIpc) is 2.72. The standard InChI is InChI=1S/C22H26N4O/c1-2-26(19-14-8-10-16-9-6-7-13-18(16)19)21-20(23)22(25-15-24-21)27-17-11-4-3-5-12-17/h6-10,13-15,17H,2-5,11-12,23H2,1H3. The van der Waals surface area contributed by atoms with Crippen LogP contribution in [0.4, 0.5) is 17.2 Å². The Morgan fingerprint density at radius 1 is 1.04 bits per heavy atom. The Hall–Kier alpha value is -2.82. The summed E-state index contributed by atoms with van der Waals surface area (Å²) in [4.78, 5) is 10.9. The summed E-state index contributed by atoms with van der Waals surface area (Å²) in [6.45, 7) is 2.85. The van der Waals surface area contributed by atoms with E-state index >= 15 is 0 Å². The van der Waals surface area contributed by atoms with Gasteiger partial charge >= 0.3 is 0 Å². The molecule has 1 fully saturated rings. The van der Waals surface area contributed by atoms with Crippen LogP contribution in [0, 0.1) is 0 Å². The first-order valence-corrected chi connectivity index (χ1v) is 9.80. The lowest BCUT2D eigenvalue weighted by molar-refractivity contribution is 0.149. The van der Waals surface area contributed by atoms with Gasteiger partial charge < -0.3 is 15.4 Å². The predicted molar refractivity (Wildman–Crippen MR) is 111 cm³/mol. The Labute approximate surface area is 160 Å². The smallest absolute Gasteiger partial charge is 0.242 e. The van der Waals surface area contributed by atoms with Crippen molar-refractivity contribution in [2.45, 2.75) is 45.1 Å². The van der Waals surface area contributed by atoms with Crippen LogP contribution in [0.5, 0.6) is 5.88 Å². The number of fused-ring (bicyclic) bond motifs is 1. The van der Waals surface area contributed by atoms with Crippen LogP contribution >= 0.6 is 0 Å². The van der Waals surface area contributed by atoms with Gasteiger partial charge in [0.2, 0.25) is 5.88 Å². The molecule has 5 nitrogen and oxygen atoms in total. The van der Waals surface area contributed by atoms with Crippen molar-refractivity contribution in [3.05, 3.63) is 48.8 Å². The van der Waals surface area contributed by atoms with E-state index in [9.17, 15) is 0 Å². The highest BCUT2D eigenvalue weighted by Gasteiger charge is 2.21. The first kappa shape index (κ1) is 17.6. The van der Waals surface area contributed by atoms with Crippen molar-refractivity contribution >= 4 is 28.0 Å². The first-order chi connectivity index (χ1) is 13.3. The van der Waals surface area contributed by atoms with Crippen LogP contribution in [0.25, 0.3) is 10.8 Å². The fourth-order valence-electron chi connectivity index (χ4n) is 3.90. The van der Waals surface area contributed by atoms with Gasteiger partial charge in [0.15, 0.2) is 5.82 Å². The van der Waals surface area contributed by atoms with E-state index in [0.717, 1.165) is 25.1 Å². The lowest BCUT2D eigenvalue weighted by Crippen LogP contribution is -2.23. The van der Waals surface area contributed by atoms with Crippen molar-refractivity contribution in [1.29, 1.82) is 0 Å². The zero-order valence-corrected chi connectivity index (χ0v) is 15.8. The highest BCUT2D eigenvalue weighted by Crippen LogP contribution is 2.37. The van der Waals surface area contributed by atoms with E-state index in [-0.39, 0.29) is 6.10 Å². The number of nitrogens with two attached hydrogens (primary N) is 1. The van der Waals surface area contributed by atoms with Gasteiger partial charge in [-0.3, -0.25) is 0 Å². The maximum absolute atomic E-state index is 6.47. The fraction of sp³-hybridized carbons (Fsp3) is 0.364. The van der Waals surface area contributed by atoms with Crippen LogP contribution in [-0.2, 0) is 0 Å². The van der Waals surface area contributed by atoms with Crippen LogP contribution in [0.2, 0.25) is 0 Å². The van der Waals surface area contributed by atoms with Crippen molar-refractivity contribution in [2.75, 3.05) is 17.2 Å². The van der Waals surface area contributed by atoms with Gasteiger partial charge in [0.25, 0.3) is 0 Å². The van der Waals surface area contributed by atoms with Crippen LogP contribution in [-0.4, -0.2) is 22.6 Å². The summed E-state index contributed by atoms with van der Waals surface area (Å²) in [6, 6.07) is 14.6. The number of aromatic nitrogens is 2. The molecule has 2 N–H and O–H groups in total. The zero-order valence-electron chi connectivity index (χ0n) is 15.8. The largest absolute Gasteiger partial charge is 0.473 e. The molecule has 3 aromatic rings. The van der Waals surface area contributed by atoms with Crippen molar-refractivity contribution in [3.63, 3.8) is 0 Å². The fourth-order valence-corrected chi connectivity index (χ4v) is 3.90. The molecule has 1 saturated carbocycles. The third kappa shape index (κ3) is 3.54. The highest BCUT2D eigenvalue weighted by molar-refractivity contribution is 5.96. The topological polar surface area (TPSA) is 64.3 Å². The minimum Gasteiger partial charge on any atom is -0.473 e. The van der Waals surface area contributed by atoms with Gasteiger partial charge in [-0.25, -0.2) is 4.98 Å². The second-order valence-corrected chi connectivity index (χ2v) is 7.04. The molecular formula is C22H26N4O. The van der Waals surface area contributed by atoms with Gasteiger partial charge in [0.1, 0.15) is 18.1 Å². The quantitative estimate of drug-likeness (QED) is 0.685. The molecule has 4 rings (SSSR count). The molecule has 1 heterocycles. The Balaban J connectivity index is 1.71. The molecule has 0 radical (unpaired) electrons. The van der Waals surface area contributed by atoms with Gasteiger partial charge in [-0.15, -0.1) is 0 Å². The number of nitrogens with zero attached hydrogens (tertiary/aromatic N) is 3. The Bertz CT molecular complexity index is 916. The minimum atomic E-state index is 0.205. The molecule has 2 aromatic carbocycles. The van der Waals surface area contributed by atoms with Gasteiger partial charge in [-0.1, -0.05) is 42.8 Å². The predicted octanol–water partition coefficient (Wildman–Crippen LogP) is 5.08. The zero-order chi connectivity index (χ0) is 18.6. The summed E-state index contributed by atoms with van der Waals surface area (Å²) in [7, 11) is 0. The second-order valence-electron chi connectivity index (χ2n) is 7.04. The molecule has 0 atom stereocenters. The number of hydrogen-bond acceptors (Lipinski definition) is 5. The lowest BCUT2D eigenvalue weighted by Gasteiger charge is -2.27. The van der Waals surface area contributed by atoms with Crippen molar-refractivity contribution < 1.29 is 4.74 Å². The Morgan fingerprint density at radius 3 is 2.63 bits per heavy atom. The highest BCUT2D eigenvalue weighted by atomic mass is 16.5. The van der Waals surface area contributed by atoms with Gasteiger partial charge in [-0.2, -0.15) is 4.98 Å². The average molecular weight is 362 g/mol. The van der Waals surface area contributed by atoms with E-state index in [4.69, 9.17) is 10.5 Å². The van der Waals surface area contributed by atoms with Crippen LogP contribution < -0.4 is 15.4 Å². The summed E-state index contributed by atoms with van der Waals surface area (Å²) in [6.07, 6.45) is 7.60. The van der Waals surface area contributed by atoms with Crippen molar-refractivity contribution in [1.82, 2.24) is 9.97 Å². The number of ether oxygens (including phenoxy) is 1. The van der Waals surface area contributed by atoms with E-state index in [1.54, 1.807) is 6.33 Å². The number of anilines is 3. The van der Waals surface area contributed by atoms with E-state index in [2.05, 4.69) is 64.3 Å². The van der Waals surface area contributed by atoms with E-state index in [1.165, 1.54) is 30.0 Å². The van der Waals surface area contributed by atoms with Gasteiger partial charge in [0, 0.05) is 11.9 Å². The number of rotatable bonds is 5. The second kappa shape index (κ2) is 7.82. The molecule has 5 heteroatoms. The summed E-state index contributed by atoms with van der Waals surface area (Å²) >= 11 is 0. The Morgan fingerprint density at radius 2 is 1.81 bits per heavy atom. The molecule has 0 aliphatic heterocycles. The SMILES string of the molecule is CCN(c1ncnc(OC2CCCCC2)c1N)c1cccc2ccccc12. The maximum atomic E-state index is 6.47. The molecule has 140 valence electrons. The summed E-state index contributed by atoms with van der Waals surface area (Å²) in [5.74, 6) is 1.21. The maximum Gasteiger partial charge on any atom is 0.242 e. The molecule has 27 heavy (non-hydrogen) atoms. The third-order valence-electron chi connectivity index (χ3n) is 5.29. The number of benzene rings is 2. The van der Waals surface area contributed by atoms with Gasteiger partial charge in [0.05, 0.1) is 5.69 Å². The van der Waals surface area contributed by atoms with Crippen LogP contribution in [0.1, 0.15) is 39.0 Å². The molecule has 0 unspecified atom stereocenters. The molecule has 0 saturated heterocycles. The summed E-state index contributed by atoms with van der Waals surface area (Å²) in [5.41, 5.74) is 8.07. The van der Waals surface area contributed by atoms with Crippen LogP contribution in [0.15, 0.2) is 48.8 Å². The monoisotopic (exact) mass is 362 g/mol. The molecule has 0 spiro atoms. The van der Waals surface area contributed by atoms with E-state index < -0.39 is 0 Å².